The van der Waals surface area contributed by atoms with Crippen molar-refractivity contribution in [1.29, 1.82) is 5.26 Å². The van der Waals surface area contributed by atoms with E-state index in [-0.39, 0.29) is 6.10 Å². The van der Waals surface area contributed by atoms with Gasteiger partial charge in [0.15, 0.2) is 5.82 Å². The average Bonchev–Trinajstić information content (AvgIpc) is 2.50. The molecule has 1 aromatic heterocycles. The minimum Gasteiger partial charge on any atom is -0.382 e. The smallest absolute Gasteiger partial charge is 0.167 e. The lowest BCUT2D eigenvalue weighted by atomic mass is 10.0. The highest BCUT2D eigenvalue weighted by Crippen LogP contribution is 2.19. The fourth-order valence-electron chi connectivity index (χ4n) is 2.02. The maximum absolute atomic E-state index is 9.36. The number of rotatable bonds is 8. The Hall–Kier alpha value is -1.71. The summed E-state index contributed by atoms with van der Waals surface area (Å²) in [6.45, 7) is 5.02. The van der Waals surface area contributed by atoms with E-state index in [0.29, 0.717) is 24.5 Å². The molecule has 0 spiro atoms. The van der Waals surface area contributed by atoms with Crippen LogP contribution in [0, 0.1) is 11.3 Å². The zero-order chi connectivity index (χ0) is 15.0. The molecule has 0 bridgehead atoms. The van der Waals surface area contributed by atoms with Gasteiger partial charge >= 0.3 is 0 Å². The van der Waals surface area contributed by atoms with Crippen LogP contribution in [0.4, 0.5) is 5.82 Å². The van der Waals surface area contributed by atoms with E-state index >= 15 is 0 Å². The molecule has 0 aliphatic heterocycles. The quantitative estimate of drug-likeness (QED) is 0.777. The van der Waals surface area contributed by atoms with Crippen molar-refractivity contribution >= 4 is 5.82 Å². The highest BCUT2D eigenvalue weighted by Gasteiger charge is 2.15. The summed E-state index contributed by atoms with van der Waals surface area (Å²) in [6.07, 6.45) is 1.45. The molecule has 0 aliphatic carbocycles. The summed E-state index contributed by atoms with van der Waals surface area (Å²) in [5.74, 6) is 0.514. The van der Waals surface area contributed by atoms with Crippen molar-refractivity contribution in [1.82, 2.24) is 10.2 Å². The number of methoxy groups -OCH3 is 2. The number of hydrogen-bond donors (Lipinski definition) is 1. The molecule has 0 saturated heterocycles. The van der Waals surface area contributed by atoms with Crippen LogP contribution in [-0.2, 0) is 22.3 Å². The first-order chi connectivity index (χ1) is 9.71. The molecule has 6 nitrogen and oxygen atoms in total. The summed E-state index contributed by atoms with van der Waals surface area (Å²) in [7, 11) is 3.25. The number of nitrogens with zero attached hydrogens (tertiary/aromatic N) is 3. The Morgan fingerprint density at radius 3 is 2.50 bits per heavy atom. The zero-order valence-corrected chi connectivity index (χ0v) is 12.6. The Bertz CT molecular complexity index is 471. The van der Waals surface area contributed by atoms with Gasteiger partial charge in [-0.05, 0) is 18.4 Å². The molecule has 0 fully saturated rings. The number of aryl methyl sites for hydroxylation is 1. The minimum absolute atomic E-state index is 0.0933. The maximum atomic E-state index is 9.36. The third-order valence-electron chi connectivity index (χ3n) is 3.14. The Kier molecular flexibility index (Phi) is 6.91. The van der Waals surface area contributed by atoms with Gasteiger partial charge in [0.1, 0.15) is 11.6 Å². The normalized spacial score (nSPS) is 11.9. The van der Waals surface area contributed by atoms with Gasteiger partial charge in [0.2, 0.25) is 0 Å². The zero-order valence-electron chi connectivity index (χ0n) is 12.6. The van der Waals surface area contributed by atoms with E-state index in [4.69, 9.17) is 9.47 Å². The molecule has 0 aromatic carbocycles. The monoisotopic (exact) mass is 278 g/mol. The highest BCUT2D eigenvalue weighted by molar-refractivity contribution is 5.56. The lowest BCUT2D eigenvalue weighted by Gasteiger charge is -2.17. The molecule has 1 rings (SSSR count). The molecule has 1 heterocycles. The second kappa shape index (κ2) is 8.46. The third kappa shape index (κ3) is 3.89. The SMILES string of the molecule is CCc1nnc(NCC(COC)OC)c(C#N)c1CC. The Balaban J connectivity index is 2.93. The number of hydrogen-bond acceptors (Lipinski definition) is 6. The average molecular weight is 278 g/mol. The van der Waals surface area contributed by atoms with Crippen LogP contribution in [0.25, 0.3) is 0 Å². The molecule has 20 heavy (non-hydrogen) atoms. The van der Waals surface area contributed by atoms with Crippen molar-refractivity contribution in [3.63, 3.8) is 0 Å². The van der Waals surface area contributed by atoms with Gasteiger partial charge in [-0.2, -0.15) is 10.4 Å². The molecule has 0 saturated carbocycles. The van der Waals surface area contributed by atoms with Crippen LogP contribution in [0.3, 0.4) is 0 Å². The van der Waals surface area contributed by atoms with Gasteiger partial charge < -0.3 is 14.8 Å². The summed E-state index contributed by atoms with van der Waals surface area (Å²) in [5, 5.41) is 20.8. The van der Waals surface area contributed by atoms with Crippen LogP contribution in [0.5, 0.6) is 0 Å². The number of ether oxygens (including phenoxy) is 2. The number of nitrogens with one attached hydrogen (secondary N) is 1. The van der Waals surface area contributed by atoms with E-state index in [1.807, 2.05) is 13.8 Å². The largest absolute Gasteiger partial charge is 0.382 e. The summed E-state index contributed by atoms with van der Waals surface area (Å²) in [4.78, 5) is 0. The van der Waals surface area contributed by atoms with Crippen molar-refractivity contribution in [3.05, 3.63) is 16.8 Å². The molecule has 0 aliphatic rings. The van der Waals surface area contributed by atoms with E-state index < -0.39 is 0 Å². The van der Waals surface area contributed by atoms with Crippen molar-refractivity contribution in [2.75, 3.05) is 32.7 Å². The molecule has 1 atom stereocenters. The van der Waals surface area contributed by atoms with Crippen LogP contribution in [-0.4, -0.2) is 43.7 Å². The van der Waals surface area contributed by atoms with E-state index in [0.717, 1.165) is 24.1 Å². The molecule has 6 heteroatoms. The van der Waals surface area contributed by atoms with Gasteiger partial charge in [0, 0.05) is 20.8 Å². The van der Waals surface area contributed by atoms with Gasteiger partial charge in [-0.3, -0.25) is 0 Å². The summed E-state index contributed by atoms with van der Waals surface area (Å²) in [6, 6.07) is 2.23. The van der Waals surface area contributed by atoms with E-state index in [1.165, 1.54) is 0 Å². The van der Waals surface area contributed by atoms with Crippen LogP contribution in [0.1, 0.15) is 30.7 Å². The number of nitriles is 1. The number of anilines is 1. The van der Waals surface area contributed by atoms with Gasteiger partial charge in [-0.1, -0.05) is 13.8 Å². The van der Waals surface area contributed by atoms with Gasteiger partial charge in [-0.25, -0.2) is 0 Å². The summed E-state index contributed by atoms with van der Waals surface area (Å²) >= 11 is 0. The Labute approximate surface area is 120 Å². The van der Waals surface area contributed by atoms with E-state index in [9.17, 15) is 5.26 Å². The van der Waals surface area contributed by atoms with Crippen LogP contribution < -0.4 is 5.32 Å². The maximum Gasteiger partial charge on any atom is 0.167 e. The standard InChI is InChI=1S/C14H22N4O2/c1-5-11-12(7-15)14(18-17-13(11)6-2)16-8-10(20-4)9-19-3/h10H,5-6,8-9H2,1-4H3,(H,16,18). The second-order valence-corrected chi connectivity index (χ2v) is 4.36. The lowest BCUT2D eigenvalue weighted by Crippen LogP contribution is -2.27. The highest BCUT2D eigenvalue weighted by atomic mass is 16.5. The molecular formula is C14H22N4O2. The summed E-state index contributed by atoms with van der Waals surface area (Å²) in [5.41, 5.74) is 2.43. The first-order valence-electron chi connectivity index (χ1n) is 6.75. The molecule has 0 radical (unpaired) electrons. The van der Waals surface area contributed by atoms with Crippen LogP contribution >= 0.6 is 0 Å². The van der Waals surface area contributed by atoms with Gasteiger partial charge in [-0.15, -0.1) is 5.10 Å². The van der Waals surface area contributed by atoms with Crippen LogP contribution in [0.2, 0.25) is 0 Å². The first-order valence-corrected chi connectivity index (χ1v) is 6.75. The van der Waals surface area contributed by atoms with Crippen LogP contribution in [0.15, 0.2) is 0 Å². The molecule has 1 N–H and O–H groups in total. The molecule has 1 aromatic rings. The van der Waals surface area contributed by atoms with E-state index in [1.54, 1.807) is 14.2 Å². The van der Waals surface area contributed by atoms with Crippen molar-refractivity contribution < 1.29 is 9.47 Å². The summed E-state index contributed by atoms with van der Waals surface area (Å²) < 4.78 is 10.3. The lowest BCUT2D eigenvalue weighted by molar-refractivity contribution is 0.0365. The third-order valence-corrected chi connectivity index (χ3v) is 3.14. The predicted octanol–water partition coefficient (Wildman–Crippen LogP) is 1.55. The van der Waals surface area contributed by atoms with E-state index in [2.05, 4.69) is 21.6 Å². The molecule has 110 valence electrons. The van der Waals surface area contributed by atoms with Crippen molar-refractivity contribution in [2.45, 2.75) is 32.8 Å². The number of aromatic nitrogens is 2. The predicted molar refractivity (Wildman–Crippen MR) is 76.7 cm³/mol. The van der Waals surface area contributed by atoms with Gasteiger partial charge in [0.05, 0.1) is 18.4 Å². The first kappa shape index (κ1) is 16.3. The molecule has 1 unspecified atom stereocenters. The fourth-order valence-corrected chi connectivity index (χ4v) is 2.02. The Morgan fingerprint density at radius 1 is 1.25 bits per heavy atom. The Morgan fingerprint density at radius 2 is 2.00 bits per heavy atom. The van der Waals surface area contributed by atoms with Gasteiger partial charge in [0.25, 0.3) is 0 Å². The van der Waals surface area contributed by atoms with Crippen molar-refractivity contribution in [2.24, 2.45) is 0 Å². The second-order valence-electron chi connectivity index (χ2n) is 4.36. The molecular weight excluding hydrogens is 256 g/mol. The molecule has 0 amide bonds. The minimum atomic E-state index is -0.0933. The van der Waals surface area contributed by atoms with Crippen molar-refractivity contribution in [3.8, 4) is 6.07 Å². The fraction of sp³-hybridized carbons (Fsp3) is 0.643. The topological polar surface area (TPSA) is 80.1 Å².